The average molecular weight is 712 g/mol. The predicted octanol–water partition coefficient (Wildman–Crippen LogP) is 9.96. The summed E-state index contributed by atoms with van der Waals surface area (Å²) < 4.78 is 0. The lowest BCUT2D eigenvalue weighted by Gasteiger charge is -2.57. The molecular formula is C42H77N7O2. The molecule has 0 unspecified atom stereocenters. The van der Waals surface area contributed by atoms with Gasteiger partial charge in [0.2, 0.25) is 11.9 Å². The first-order valence-electron chi connectivity index (χ1n) is 21.3. The number of aromatic nitrogens is 3. The molecule has 5 rings (SSSR count). The van der Waals surface area contributed by atoms with Gasteiger partial charge in [0.15, 0.2) is 0 Å². The van der Waals surface area contributed by atoms with E-state index in [1.54, 1.807) is 0 Å². The van der Waals surface area contributed by atoms with Crippen LogP contribution in [0.25, 0.3) is 0 Å². The van der Waals surface area contributed by atoms with E-state index in [0.29, 0.717) is 24.3 Å². The summed E-state index contributed by atoms with van der Waals surface area (Å²) in [6, 6.07) is 0.620. The quantitative estimate of drug-likeness (QED) is 0.188. The molecular weight excluding hydrogens is 635 g/mol. The van der Waals surface area contributed by atoms with Crippen molar-refractivity contribution in [3.63, 3.8) is 0 Å². The fourth-order valence-corrected chi connectivity index (χ4v) is 10.3. The Balaban J connectivity index is 1.42. The van der Waals surface area contributed by atoms with Gasteiger partial charge < -0.3 is 9.80 Å². The van der Waals surface area contributed by atoms with Crippen molar-refractivity contribution in [2.45, 2.75) is 238 Å². The molecule has 2 saturated heterocycles. The van der Waals surface area contributed by atoms with Gasteiger partial charge in [-0.1, -0.05) is 65.2 Å². The van der Waals surface area contributed by atoms with E-state index in [2.05, 4.69) is 96.1 Å². The zero-order valence-corrected chi connectivity index (χ0v) is 34.9. The van der Waals surface area contributed by atoms with E-state index in [-0.39, 0.29) is 22.2 Å². The van der Waals surface area contributed by atoms with Gasteiger partial charge in [0.1, 0.15) is 5.82 Å². The number of aryl methyl sites for hydroxylation is 1. The van der Waals surface area contributed by atoms with Crippen molar-refractivity contribution in [2.24, 2.45) is 0 Å². The lowest BCUT2D eigenvalue weighted by Crippen LogP contribution is -2.65. The van der Waals surface area contributed by atoms with E-state index in [1.165, 1.54) is 64.2 Å². The van der Waals surface area contributed by atoms with Gasteiger partial charge in [-0.15, -0.1) is 0 Å². The second kappa shape index (κ2) is 16.9. The third kappa shape index (κ3) is 9.96. The third-order valence-electron chi connectivity index (χ3n) is 12.4. The Bertz CT molecular complexity index is 1110. The Morgan fingerprint density at radius 2 is 0.882 bits per heavy atom. The molecule has 9 nitrogen and oxygen atoms in total. The number of piperidine rings is 2. The fourth-order valence-electron chi connectivity index (χ4n) is 10.3. The topological polar surface area (TPSA) is 70.1 Å². The van der Waals surface area contributed by atoms with Crippen LogP contribution in [0.15, 0.2) is 0 Å². The standard InChI is InChI=1S/C42H77N7O2/c1-12-14-26-46(33-28-39(4,5)48(40(6,7)29-33)50-35-22-18-16-19-23-35)37-43-32(3)44-38(45-37)47(27-15-13-2)34-30-41(8,9)49(42(10,11)31-34)51-36-24-20-17-21-25-36/h33-36H,12-31H2,1-11H3. The van der Waals surface area contributed by atoms with Gasteiger partial charge in [0, 0.05) is 47.3 Å². The summed E-state index contributed by atoms with van der Waals surface area (Å²) in [6.45, 7) is 27.6. The van der Waals surface area contributed by atoms with Gasteiger partial charge >= 0.3 is 0 Å². The third-order valence-corrected chi connectivity index (χ3v) is 12.4. The van der Waals surface area contributed by atoms with E-state index >= 15 is 0 Å². The number of hydrogen-bond acceptors (Lipinski definition) is 9. The molecule has 0 aromatic carbocycles. The van der Waals surface area contributed by atoms with Crippen LogP contribution in [-0.2, 0) is 9.68 Å². The molecule has 0 radical (unpaired) electrons. The smallest absolute Gasteiger partial charge is 0.230 e. The molecule has 51 heavy (non-hydrogen) atoms. The van der Waals surface area contributed by atoms with Crippen molar-refractivity contribution in [3.8, 4) is 0 Å². The van der Waals surface area contributed by atoms with Crippen molar-refractivity contribution >= 4 is 11.9 Å². The summed E-state index contributed by atoms with van der Waals surface area (Å²) in [5, 5.41) is 4.77. The van der Waals surface area contributed by atoms with Crippen molar-refractivity contribution in [1.29, 1.82) is 0 Å². The summed E-state index contributed by atoms with van der Waals surface area (Å²) in [4.78, 5) is 34.6. The minimum Gasteiger partial charge on any atom is -0.338 e. The van der Waals surface area contributed by atoms with Gasteiger partial charge in [-0.2, -0.15) is 25.1 Å². The van der Waals surface area contributed by atoms with Crippen LogP contribution in [0, 0.1) is 6.92 Å². The molecule has 3 heterocycles. The number of unbranched alkanes of at least 4 members (excludes halogenated alkanes) is 2. The highest BCUT2D eigenvalue weighted by molar-refractivity contribution is 5.42. The first-order valence-corrected chi connectivity index (χ1v) is 21.3. The molecule has 292 valence electrons. The van der Waals surface area contributed by atoms with Crippen LogP contribution in [0.5, 0.6) is 0 Å². The van der Waals surface area contributed by atoms with Gasteiger partial charge in [-0.05, 0) is 127 Å². The molecule has 1 aromatic rings. The normalized spacial score (nSPS) is 25.2. The van der Waals surface area contributed by atoms with Crippen LogP contribution in [0.4, 0.5) is 11.9 Å². The molecule has 2 aliphatic carbocycles. The SMILES string of the molecule is CCCCN(c1nc(C)nc(N(CCCC)C2CC(C)(C)N(OC3CCCCC3)C(C)(C)C2)n1)C1CC(C)(C)N(OC2CCCCC2)C(C)(C)C1. The van der Waals surface area contributed by atoms with Crippen LogP contribution >= 0.6 is 0 Å². The van der Waals surface area contributed by atoms with Crippen molar-refractivity contribution in [3.05, 3.63) is 5.82 Å². The minimum atomic E-state index is -0.114. The average Bonchev–Trinajstić information content (AvgIpc) is 3.05. The van der Waals surface area contributed by atoms with Crippen LogP contribution in [0.2, 0.25) is 0 Å². The molecule has 4 aliphatic rings. The molecule has 1 aromatic heterocycles. The van der Waals surface area contributed by atoms with Gasteiger partial charge in [0.05, 0.1) is 12.2 Å². The van der Waals surface area contributed by atoms with E-state index in [9.17, 15) is 0 Å². The van der Waals surface area contributed by atoms with Crippen molar-refractivity contribution in [1.82, 2.24) is 25.1 Å². The predicted molar refractivity (Wildman–Crippen MR) is 211 cm³/mol. The second-order valence-electron chi connectivity index (χ2n) is 19.3. The van der Waals surface area contributed by atoms with E-state index in [0.717, 1.165) is 82.2 Å². The highest BCUT2D eigenvalue weighted by Gasteiger charge is 2.51. The Hall–Kier alpha value is -1.55. The largest absolute Gasteiger partial charge is 0.338 e. The van der Waals surface area contributed by atoms with Gasteiger partial charge in [-0.3, -0.25) is 9.68 Å². The molecule has 9 heteroatoms. The summed E-state index contributed by atoms with van der Waals surface area (Å²) >= 11 is 0. The maximum absolute atomic E-state index is 6.89. The highest BCUT2D eigenvalue weighted by Crippen LogP contribution is 2.45. The fraction of sp³-hybridized carbons (Fsp3) is 0.929. The van der Waals surface area contributed by atoms with Crippen LogP contribution in [0.1, 0.15) is 191 Å². The molecule has 0 bridgehead atoms. The second-order valence-corrected chi connectivity index (χ2v) is 19.3. The number of nitrogens with zero attached hydrogens (tertiary/aromatic N) is 7. The summed E-state index contributed by atoms with van der Waals surface area (Å²) in [5.74, 6) is 2.51. The number of anilines is 2. The Morgan fingerprint density at radius 3 is 1.20 bits per heavy atom. The van der Waals surface area contributed by atoms with Crippen LogP contribution < -0.4 is 9.80 Å². The molecule has 0 atom stereocenters. The first kappa shape index (κ1) is 40.6. The molecule has 0 amide bonds. The lowest BCUT2D eigenvalue weighted by molar-refractivity contribution is -0.310. The minimum absolute atomic E-state index is 0.114. The lowest BCUT2D eigenvalue weighted by atomic mass is 9.78. The van der Waals surface area contributed by atoms with E-state index in [1.807, 2.05) is 0 Å². The van der Waals surface area contributed by atoms with E-state index in [4.69, 9.17) is 24.6 Å². The van der Waals surface area contributed by atoms with Crippen molar-refractivity contribution in [2.75, 3.05) is 22.9 Å². The van der Waals surface area contributed by atoms with Gasteiger partial charge in [0.25, 0.3) is 0 Å². The Labute approximate surface area is 312 Å². The summed E-state index contributed by atoms with van der Waals surface area (Å²) in [5.41, 5.74) is -0.455. The zero-order chi connectivity index (χ0) is 37.0. The maximum atomic E-state index is 6.89. The number of rotatable bonds is 14. The monoisotopic (exact) mass is 712 g/mol. The summed E-state index contributed by atoms with van der Waals surface area (Å²) in [7, 11) is 0. The Morgan fingerprint density at radius 1 is 0.549 bits per heavy atom. The van der Waals surface area contributed by atoms with Crippen LogP contribution in [0.3, 0.4) is 0 Å². The molecule has 0 spiro atoms. The number of hydrogen-bond donors (Lipinski definition) is 0. The highest BCUT2D eigenvalue weighted by atomic mass is 16.7. The molecule has 2 saturated carbocycles. The van der Waals surface area contributed by atoms with E-state index < -0.39 is 0 Å². The first-order chi connectivity index (χ1) is 24.1. The Kier molecular flexibility index (Phi) is 13.4. The zero-order valence-electron chi connectivity index (χ0n) is 34.9. The molecule has 0 N–H and O–H groups in total. The number of hydroxylamine groups is 4. The molecule has 4 fully saturated rings. The molecule has 2 aliphatic heterocycles. The van der Waals surface area contributed by atoms with Gasteiger partial charge in [-0.25, -0.2) is 0 Å². The summed E-state index contributed by atoms with van der Waals surface area (Å²) in [6.07, 6.45) is 21.7. The van der Waals surface area contributed by atoms with Crippen molar-refractivity contribution < 1.29 is 9.68 Å². The van der Waals surface area contributed by atoms with Crippen LogP contribution in [-0.4, -0.2) is 84.6 Å². The maximum Gasteiger partial charge on any atom is 0.230 e.